The molecular formula is C22H18N2O3. The zero-order valence-electron chi connectivity index (χ0n) is 14.9. The Hall–Kier alpha value is -3.60. The Balaban J connectivity index is 1.76. The SMILES string of the molecule is C=CCN(C(=O)c1cc2cc3ccc(OC)cc3nc2o1)c1ccccc1. The van der Waals surface area contributed by atoms with Gasteiger partial charge in [-0.1, -0.05) is 24.3 Å². The highest BCUT2D eigenvalue weighted by Gasteiger charge is 2.21. The second-order valence-corrected chi connectivity index (χ2v) is 6.09. The molecule has 2 aromatic carbocycles. The largest absolute Gasteiger partial charge is 0.497 e. The Morgan fingerprint density at radius 1 is 1.15 bits per heavy atom. The molecule has 0 saturated heterocycles. The first-order chi connectivity index (χ1) is 13.2. The summed E-state index contributed by atoms with van der Waals surface area (Å²) >= 11 is 0. The standard InChI is InChI=1S/C22H18N2O3/c1-3-11-24(17-7-5-4-6-8-17)22(25)20-13-16-12-15-9-10-18(26-2)14-19(15)23-21(16)27-20/h3-10,12-14H,1,11H2,2H3. The number of hydrogen-bond acceptors (Lipinski definition) is 4. The van der Waals surface area contributed by atoms with Gasteiger partial charge >= 0.3 is 0 Å². The first kappa shape index (κ1) is 16.8. The normalized spacial score (nSPS) is 10.9. The van der Waals surface area contributed by atoms with E-state index in [4.69, 9.17) is 9.15 Å². The molecule has 2 heterocycles. The van der Waals surface area contributed by atoms with Gasteiger partial charge < -0.3 is 14.1 Å². The van der Waals surface area contributed by atoms with Crippen molar-refractivity contribution in [2.24, 2.45) is 0 Å². The lowest BCUT2D eigenvalue weighted by atomic mass is 10.2. The van der Waals surface area contributed by atoms with E-state index in [0.29, 0.717) is 12.3 Å². The monoisotopic (exact) mass is 358 g/mol. The van der Waals surface area contributed by atoms with Crippen LogP contribution in [0.4, 0.5) is 5.69 Å². The third-order valence-electron chi connectivity index (χ3n) is 4.35. The quantitative estimate of drug-likeness (QED) is 0.480. The predicted octanol–water partition coefficient (Wildman–Crippen LogP) is 4.82. The van der Waals surface area contributed by atoms with Gasteiger partial charge in [-0.3, -0.25) is 4.79 Å². The highest BCUT2D eigenvalue weighted by molar-refractivity contribution is 6.07. The number of carbonyl (C=O) groups is 1. The van der Waals surface area contributed by atoms with Gasteiger partial charge in [0.25, 0.3) is 5.91 Å². The summed E-state index contributed by atoms with van der Waals surface area (Å²) in [6.07, 6.45) is 1.69. The summed E-state index contributed by atoms with van der Waals surface area (Å²) in [7, 11) is 1.61. The molecule has 0 aliphatic rings. The number of para-hydroxylation sites is 1. The van der Waals surface area contributed by atoms with E-state index in [1.54, 1.807) is 24.2 Å². The van der Waals surface area contributed by atoms with Crippen molar-refractivity contribution in [3.63, 3.8) is 0 Å². The number of anilines is 1. The van der Waals surface area contributed by atoms with Crippen molar-refractivity contribution in [3.05, 3.63) is 79.1 Å². The van der Waals surface area contributed by atoms with E-state index in [2.05, 4.69) is 11.6 Å². The molecule has 27 heavy (non-hydrogen) atoms. The van der Waals surface area contributed by atoms with E-state index in [9.17, 15) is 4.79 Å². The van der Waals surface area contributed by atoms with Crippen molar-refractivity contribution in [1.29, 1.82) is 0 Å². The van der Waals surface area contributed by atoms with Gasteiger partial charge in [0.2, 0.25) is 5.71 Å². The Morgan fingerprint density at radius 2 is 1.96 bits per heavy atom. The number of methoxy groups -OCH3 is 1. The smallest absolute Gasteiger partial charge is 0.294 e. The number of carbonyl (C=O) groups excluding carboxylic acids is 1. The Bertz CT molecular complexity index is 1130. The Morgan fingerprint density at radius 3 is 2.70 bits per heavy atom. The average Bonchev–Trinajstić information content (AvgIpc) is 3.12. The zero-order chi connectivity index (χ0) is 18.8. The summed E-state index contributed by atoms with van der Waals surface area (Å²) in [6.45, 7) is 4.13. The minimum absolute atomic E-state index is 0.235. The topological polar surface area (TPSA) is 55.6 Å². The van der Waals surface area contributed by atoms with E-state index < -0.39 is 0 Å². The van der Waals surface area contributed by atoms with E-state index >= 15 is 0 Å². The summed E-state index contributed by atoms with van der Waals surface area (Å²) in [4.78, 5) is 19.2. The molecule has 134 valence electrons. The second kappa shape index (κ2) is 6.96. The van der Waals surface area contributed by atoms with E-state index in [1.165, 1.54) is 0 Å². The number of furan rings is 1. The molecule has 0 bridgehead atoms. The minimum Gasteiger partial charge on any atom is -0.497 e. The van der Waals surface area contributed by atoms with Gasteiger partial charge in [-0.2, -0.15) is 0 Å². The van der Waals surface area contributed by atoms with Crippen LogP contribution in [0.2, 0.25) is 0 Å². The molecular weight excluding hydrogens is 340 g/mol. The number of benzene rings is 2. The molecule has 0 atom stereocenters. The van der Waals surface area contributed by atoms with Crippen molar-refractivity contribution in [1.82, 2.24) is 4.98 Å². The van der Waals surface area contributed by atoms with Crippen LogP contribution in [-0.4, -0.2) is 24.5 Å². The van der Waals surface area contributed by atoms with Crippen LogP contribution in [0.15, 0.2) is 77.7 Å². The summed E-state index contributed by atoms with van der Waals surface area (Å²) in [5.41, 5.74) is 1.96. The molecule has 4 rings (SSSR count). The molecule has 0 fully saturated rings. The summed E-state index contributed by atoms with van der Waals surface area (Å²) in [5, 5.41) is 1.73. The first-order valence-corrected chi connectivity index (χ1v) is 8.56. The van der Waals surface area contributed by atoms with Gasteiger partial charge in [0.15, 0.2) is 5.76 Å². The lowest BCUT2D eigenvalue weighted by molar-refractivity contribution is 0.0965. The number of pyridine rings is 1. The third-order valence-corrected chi connectivity index (χ3v) is 4.35. The molecule has 0 aliphatic heterocycles. The van der Waals surface area contributed by atoms with Crippen molar-refractivity contribution in [2.45, 2.75) is 0 Å². The molecule has 0 saturated carbocycles. The molecule has 5 nitrogen and oxygen atoms in total. The van der Waals surface area contributed by atoms with Crippen LogP contribution in [0.5, 0.6) is 5.75 Å². The molecule has 1 amide bonds. The Kier molecular flexibility index (Phi) is 4.34. The van der Waals surface area contributed by atoms with Gasteiger partial charge in [0.05, 0.1) is 12.6 Å². The molecule has 0 aliphatic carbocycles. The van der Waals surface area contributed by atoms with Gasteiger partial charge in [-0.15, -0.1) is 6.58 Å². The van der Waals surface area contributed by atoms with Crippen molar-refractivity contribution in [3.8, 4) is 5.75 Å². The molecule has 5 heteroatoms. The molecule has 4 aromatic rings. The fourth-order valence-electron chi connectivity index (χ4n) is 3.01. The third kappa shape index (κ3) is 3.15. The van der Waals surface area contributed by atoms with Crippen LogP contribution in [-0.2, 0) is 0 Å². The molecule has 0 radical (unpaired) electrons. The fraction of sp³-hybridized carbons (Fsp3) is 0.0909. The van der Waals surface area contributed by atoms with Crippen LogP contribution in [0.3, 0.4) is 0 Å². The highest BCUT2D eigenvalue weighted by atomic mass is 16.5. The highest BCUT2D eigenvalue weighted by Crippen LogP contribution is 2.27. The van der Waals surface area contributed by atoms with Crippen molar-refractivity contribution in [2.75, 3.05) is 18.6 Å². The first-order valence-electron chi connectivity index (χ1n) is 8.56. The van der Waals surface area contributed by atoms with Crippen LogP contribution in [0, 0.1) is 0 Å². The summed E-state index contributed by atoms with van der Waals surface area (Å²) in [5.74, 6) is 0.727. The van der Waals surface area contributed by atoms with E-state index in [0.717, 1.165) is 27.7 Å². The number of ether oxygens (including phenoxy) is 1. The van der Waals surface area contributed by atoms with Crippen LogP contribution < -0.4 is 9.64 Å². The summed E-state index contributed by atoms with van der Waals surface area (Å²) < 4.78 is 11.0. The fourth-order valence-corrected chi connectivity index (χ4v) is 3.01. The number of nitrogens with zero attached hydrogens (tertiary/aromatic N) is 2. The van der Waals surface area contributed by atoms with Gasteiger partial charge in [0, 0.05) is 29.1 Å². The molecule has 2 aromatic heterocycles. The zero-order valence-corrected chi connectivity index (χ0v) is 14.9. The van der Waals surface area contributed by atoms with Gasteiger partial charge in [-0.25, -0.2) is 4.98 Å². The minimum atomic E-state index is -0.235. The number of rotatable bonds is 5. The van der Waals surface area contributed by atoms with Crippen LogP contribution in [0.1, 0.15) is 10.6 Å². The lowest BCUT2D eigenvalue weighted by Gasteiger charge is -2.19. The number of amides is 1. The lowest BCUT2D eigenvalue weighted by Crippen LogP contribution is -2.30. The van der Waals surface area contributed by atoms with Crippen LogP contribution in [0.25, 0.3) is 22.0 Å². The second-order valence-electron chi connectivity index (χ2n) is 6.09. The van der Waals surface area contributed by atoms with E-state index in [1.807, 2.05) is 54.6 Å². The van der Waals surface area contributed by atoms with Gasteiger partial charge in [-0.05, 0) is 36.4 Å². The maximum Gasteiger partial charge on any atom is 0.294 e. The van der Waals surface area contributed by atoms with Crippen molar-refractivity contribution < 1.29 is 13.9 Å². The maximum absolute atomic E-state index is 13.0. The summed E-state index contributed by atoms with van der Waals surface area (Å²) in [6, 6.07) is 18.8. The maximum atomic E-state index is 13.0. The molecule has 0 spiro atoms. The molecule has 0 unspecified atom stereocenters. The van der Waals surface area contributed by atoms with E-state index in [-0.39, 0.29) is 11.7 Å². The average molecular weight is 358 g/mol. The van der Waals surface area contributed by atoms with Gasteiger partial charge in [0.1, 0.15) is 5.75 Å². The molecule has 0 N–H and O–H groups in total. The number of aromatic nitrogens is 1. The predicted molar refractivity (Wildman–Crippen MR) is 106 cm³/mol. The Labute approximate surface area is 156 Å². The van der Waals surface area contributed by atoms with Crippen LogP contribution >= 0.6 is 0 Å². The number of fused-ring (bicyclic) bond motifs is 2. The van der Waals surface area contributed by atoms with Crippen molar-refractivity contribution >= 4 is 33.6 Å². The number of hydrogen-bond donors (Lipinski definition) is 0.